The Bertz CT molecular complexity index is 574. The smallest absolute Gasteiger partial charge is 0.173 e. The minimum Gasteiger partial charge on any atom is -0.384 e. The number of hydrogen-bond donors (Lipinski definition) is 1. The molecular weight excluding hydrogens is 224 g/mol. The van der Waals surface area contributed by atoms with Gasteiger partial charge in [-0.1, -0.05) is 38.1 Å². The quantitative estimate of drug-likeness (QED) is 0.759. The maximum Gasteiger partial charge on any atom is 0.173 e. The lowest BCUT2D eigenvalue weighted by Gasteiger charge is -2.41. The van der Waals surface area contributed by atoms with E-state index in [0.29, 0.717) is 5.92 Å². The van der Waals surface area contributed by atoms with E-state index in [-0.39, 0.29) is 11.2 Å². The molecule has 3 aliphatic rings. The predicted octanol–water partition coefficient (Wildman–Crippen LogP) is 2.90. The van der Waals surface area contributed by atoms with Gasteiger partial charge in [0.05, 0.1) is 5.41 Å². The van der Waals surface area contributed by atoms with E-state index in [4.69, 9.17) is 0 Å². The van der Waals surface area contributed by atoms with Gasteiger partial charge in [0, 0.05) is 5.56 Å². The number of hydrogen-bond acceptors (Lipinski definition) is 2. The zero-order chi connectivity index (χ0) is 12.8. The number of Topliss-reactive ketones (excluding diaryl/α,β-unsaturated/α-hetero) is 1. The summed E-state index contributed by atoms with van der Waals surface area (Å²) in [5.74, 6) is 0.658. The van der Waals surface area contributed by atoms with Crippen LogP contribution in [0, 0.1) is 16.7 Å². The second-order valence-electron chi connectivity index (χ2n) is 6.80. The van der Waals surface area contributed by atoms with Crippen LogP contribution < -0.4 is 0 Å². The third-order valence-corrected chi connectivity index (χ3v) is 6.24. The molecule has 2 heteroatoms. The monoisotopic (exact) mass is 242 g/mol. The Morgan fingerprint density at radius 2 is 2.00 bits per heavy atom. The number of ketones is 1. The minimum atomic E-state index is -0.910. The molecule has 0 amide bonds. The fourth-order valence-corrected chi connectivity index (χ4v) is 5.26. The van der Waals surface area contributed by atoms with Gasteiger partial charge in [-0.15, -0.1) is 0 Å². The standard InChI is InChI=1S/C16H18O2/c1-14(2)10-7-8-15(14)13(17)11-5-3-4-6-12(11)16(15,18)9-10/h3-6,10,18H,7-9H2,1-2H3/t10-,15+,16+/m1/s1. The summed E-state index contributed by atoms with van der Waals surface area (Å²) >= 11 is 0. The molecule has 4 rings (SSSR count). The first-order valence-corrected chi connectivity index (χ1v) is 6.82. The molecule has 0 radical (unpaired) electrons. The topological polar surface area (TPSA) is 37.3 Å². The number of rotatable bonds is 0. The van der Waals surface area contributed by atoms with Crippen LogP contribution in [0.2, 0.25) is 0 Å². The lowest BCUT2D eigenvalue weighted by atomic mass is 9.63. The molecule has 1 N–H and O–H groups in total. The van der Waals surface area contributed by atoms with Crippen LogP contribution in [0.15, 0.2) is 24.3 Å². The highest BCUT2D eigenvalue weighted by Gasteiger charge is 2.77. The Morgan fingerprint density at radius 3 is 2.72 bits per heavy atom. The van der Waals surface area contributed by atoms with Crippen LogP contribution in [-0.4, -0.2) is 10.9 Å². The number of fused-ring (bicyclic) bond motifs is 3. The summed E-state index contributed by atoms with van der Waals surface area (Å²) in [4.78, 5) is 12.9. The van der Waals surface area contributed by atoms with E-state index in [0.717, 1.165) is 30.4 Å². The highest BCUT2D eigenvalue weighted by Crippen LogP contribution is 2.76. The maximum absolute atomic E-state index is 12.9. The van der Waals surface area contributed by atoms with Gasteiger partial charge in [-0.25, -0.2) is 0 Å². The summed E-state index contributed by atoms with van der Waals surface area (Å²) in [6, 6.07) is 7.66. The highest BCUT2D eigenvalue weighted by atomic mass is 16.3. The lowest BCUT2D eigenvalue weighted by molar-refractivity contribution is -0.0724. The highest BCUT2D eigenvalue weighted by molar-refractivity contribution is 6.07. The van der Waals surface area contributed by atoms with Gasteiger partial charge < -0.3 is 5.11 Å². The molecule has 0 saturated heterocycles. The number of aliphatic hydroxyl groups is 1. The van der Waals surface area contributed by atoms with Crippen molar-refractivity contribution in [1.29, 1.82) is 0 Å². The molecule has 0 heterocycles. The summed E-state index contributed by atoms with van der Waals surface area (Å²) < 4.78 is 0. The molecule has 0 aliphatic heterocycles. The summed E-state index contributed by atoms with van der Waals surface area (Å²) in [5, 5.41) is 11.2. The van der Waals surface area contributed by atoms with Crippen LogP contribution in [0.3, 0.4) is 0 Å². The fraction of sp³-hybridized carbons (Fsp3) is 0.562. The van der Waals surface area contributed by atoms with Gasteiger partial charge >= 0.3 is 0 Å². The molecule has 3 aliphatic carbocycles. The third kappa shape index (κ3) is 0.769. The molecule has 2 saturated carbocycles. The van der Waals surface area contributed by atoms with Gasteiger partial charge in [0.15, 0.2) is 5.78 Å². The van der Waals surface area contributed by atoms with Crippen molar-refractivity contribution in [3.63, 3.8) is 0 Å². The molecule has 94 valence electrons. The normalized spacial score (nSPS) is 43.1. The molecule has 2 nitrogen and oxygen atoms in total. The average Bonchev–Trinajstić information content (AvgIpc) is 2.80. The second-order valence-corrected chi connectivity index (χ2v) is 6.80. The Kier molecular flexibility index (Phi) is 1.62. The van der Waals surface area contributed by atoms with Crippen LogP contribution >= 0.6 is 0 Å². The van der Waals surface area contributed by atoms with Crippen molar-refractivity contribution >= 4 is 5.78 Å². The van der Waals surface area contributed by atoms with Crippen molar-refractivity contribution in [3.05, 3.63) is 35.4 Å². The van der Waals surface area contributed by atoms with Crippen molar-refractivity contribution in [3.8, 4) is 0 Å². The molecule has 2 bridgehead atoms. The molecule has 2 fully saturated rings. The predicted molar refractivity (Wildman–Crippen MR) is 68.2 cm³/mol. The van der Waals surface area contributed by atoms with E-state index < -0.39 is 11.0 Å². The van der Waals surface area contributed by atoms with Gasteiger partial charge in [0.2, 0.25) is 0 Å². The lowest BCUT2D eigenvalue weighted by Crippen LogP contribution is -2.47. The summed E-state index contributed by atoms with van der Waals surface area (Å²) in [5.41, 5.74) is 0.0814. The van der Waals surface area contributed by atoms with E-state index in [9.17, 15) is 9.90 Å². The SMILES string of the molecule is CC1(C)[C@@H]2CC[C@]13C(=O)c1ccccc1[C@@]3(O)C2. The minimum absolute atomic E-state index is 0.0855. The van der Waals surface area contributed by atoms with Crippen LogP contribution in [0.1, 0.15) is 49.0 Å². The van der Waals surface area contributed by atoms with Gasteiger partial charge in [-0.3, -0.25) is 4.79 Å². The molecule has 18 heavy (non-hydrogen) atoms. The van der Waals surface area contributed by atoms with Crippen LogP contribution in [0.5, 0.6) is 0 Å². The van der Waals surface area contributed by atoms with Crippen LogP contribution in [0.4, 0.5) is 0 Å². The van der Waals surface area contributed by atoms with Gasteiger partial charge in [0.1, 0.15) is 5.60 Å². The van der Waals surface area contributed by atoms with Crippen molar-refractivity contribution < 1.29 is 9.90 Å². The molecule has 1 aromatic rings. The average molecular weight is 242 g/mol. The maximum atomic E-state index is 12.9. The largest absolute Gasteiger partial charge is 0.384 e. The van der Waals surface area contributed by atoms with E-state index in [1.54, 1.807) is 0 Å². The van der Waals surface area contributed by atoms with Crippen LogP contribution in [-0.2, 0) is 5.60 Å². The van der Waals surface area contributed by atoms with Gasteiger partial charge in [-0.05, 0) is 36.2 Å². The first-order valence-electron chi connectivity index (χ1n) is 6.82. The van der Waals surface area contributed by atoms with E-state index in [1.807, 2.05) is 24.3 Å². The molecule has 0 aromatic heterocycles. The molecule has 1 spiro atoms. The molecular formula is C16H18O2. The fourth-order valence-electron chi connectivity index (χ4n) is 5.26. The summed E-state index contributed by atoms with van der Waals surface area (Å²) in [7, 11) is 0. The Morgan fingerprint density at radius 1 is 1.28 bits per heavy atom. The summed E-state index contributed by atoms with van der Waals surface area (Å²) in [6.07, 6.45) is 2.67. The molecule has 0 unspecified atom stereocenters. The Balaban J connectivity index is 2.08. The molecule has 1 aromatic carbocycles. The van der Waals surface area contributed by atoms with Gasteiger partial charge in [-0.2, -0.15) is 0 Å². The first-order chi connectivity index (χ1) is 8.45. The Hall–Kier alpha value is -1.15. The van der Waals surface area contributed by atoms with Crippen molar-refractivity contribution in [1.82, 2.24) is 0 Å². The van der Waals surface area contributed by atoms with E-state index in [1.165, 1.54) is 0 Å². The molecule has 3 atom stereocenters. The van der Waals surface area contributed by atoms with Crippen molar-refractivity contribution in [2.75, 3.05) is 0 Å². The number of benzene rings is 1. The number of carbonyl (C=O) groups is 1. The van der Waals surface area contributed by atoms with Gasteiger partial charge in [0.25, 0.3) is 0 Å². The third-order valence-electron chi connectivity index (χ3n) is 6.24. The van der Waals surface area contributed by atoms with Crippen molar-refractivity contribution in [2.45, 2.75) is 38.7 Å². The Labute approximate surface area is 107 Å². The van der Waals surface area contributed by atoms with E-state index in [2.05, 4.69) is 13.8 Å². The second kappa shape index (κ2) is 2.72. The zero-order valence-corrected chi connectivity index (χ0v) is 10.9. The zero-order valence-electron chi connectivity index (χ0n) is 10.9. The summed E-state index contributed by atoms with van der Waals surface area (Å²) in [6.45, 7) is 4.35. The van der Waals surface area contributed by atoms with Crippen LogP contribution in [0.25, 0.3) is 0 Å². The van der Waals surface area contributed by atoms with E-state index >= 15 is 0 Å². The van der Waals surface area contributed by atoms with Crippen molar-refractivity contribution in [2.24, 2.45) is 16.7 Å². The first kappa shape index (κ1) is 10.7. The number of carbonyl (C=O) groups excluding carboxylic acids is 1.